The molecule has 116 valence electrons. The maximum absolute atomic E-state index is 11.8. The lowest BCUT2D eigenvalue weighted by atomic mass is 10.2. The molecule has 0 fully saturated rings. The average molecular weight is 322 g/mol. The number of pyridine rings is 1. The summed E-state index contributed by atoms with van der Waals surface area (Å²) in [7, 11) is 0. The monoisotopic (exact) mass is 321 g/mol. The summed E-state index contributed by atoms with van der Waals surface area (Å²) < 4.78 is 11.7. The van der Waals surface area contributed by atoms with Crippen LogP contribution in [0.1, 0.15) is 27.6 Å². The Bertz CT molecular complexity index is 631. The highest BCUT2D eigenvalue weighted by atomic mass is 35.5. The predicted molar refractivity (Wildman–Crippen MR) is 74.5 cm³/mol. The minimum Gasteiger partial charge on any atom is -1.00 e. The molecular weight excluding hydrogens is 306 g/mol. The largest absolute Gasteiger partial charge is 1.00 e. The lowest BCUT2D eigenvalue weighted by molar-refractivity contribution is -0.727. The van der Waals surface area contributed by atoms with Crippen molar-refractivity contribution in [3.8, 4) is 0 Å². The highest BCUT2D eigenvalue weighted by Gasteiger charge is 2.13. The van der Waals surface area contributed by atoms with Crippen LogP contribution in [0.25, 0.3) is 0 Å². The van der Waals surface area contributed by atoms with Gasteiger partial charge in [0.1, 0.15) is 5.56 Å². The smallest absolute Gasteiger partial charge is 0.344 e. The molecule has 1 heterocycles. The summed E-state index contributed by atoms with van der Waals surface area (Å²) in [6.45, 7) is 2.09. The Balaban J connectivity index is 0.00000242. The highest BCUT2D eigenvalue weighted by Crippen LogP contribution is 2.01. The van der Waals surface area contributed by atoms with Gasteiger partial charge in [0.05, 0.1) is 12.2 Å². The molecule has 5 nitrogen and oxygen atoms in total. The second-order valence-corrected chi connectivity index (χ2v) is 4.25. The van der Waals surface area contributed by atoms with Crippen LogP contribution in [-0.4, -0.2) is 18.5 Å². The molecule has 0 unspecified atom stereocenters. The maximum Gasteiger partial charge on any atom is 0.344 e. The van der Waals surface area contributed by atoms with Crippen molar-refractivity contribution in [3.63, 3.8) is 0 Å². The van der Waals surface area contributed by atoms with E-state index in [4.69, 9.17) is 9.47 Å². The molecule has 0 bridgehead atoms. The third kappa shape index (κ3) is 4.86. The molecule has 0 radical (unpaired) electrons. The minimum atomic E-state index is -0.412. The third-order valence-electron chi connectivity index (χ3n) is 2.72. The standard InChI is InChI=1S/C16H16NO4.ClH/c1-2-20-16(19)14-9-6-10-17(11-14)12-21-15(18)13-7-4-3-5-8-13;/h3-11H,2,12H2,1H3;1H/q+1;/p-1. The summed E-state index contributed by atoms with van der Waals surface area (Å²) >= 11 is 0. The number of aromatic nitrogens is 1. The van der Waals surface area contributed by atoms with Gasteiger partial charge in [-0.25, -0.2) is 9.59 Å². The van der Waals surface area contributed by atoms with Crippen molar-refractivity contribution in [2.24, 2.45) is 0 Å². The number of benzene rings is 1. The van der Waals surface area contributed by atoms with Crippen molar-refractivity contribution in [2.75, 3.05) is 6.61 Å². The number of nitrogens with zero attached hydrogens (tertiary/aromatic N) is 1. The van der Waals surface area contributed by atoms with Gasteiger partial charge in [-0.05, 0) is 25.1 Å². The Hall–Kier alpha value is -2.40. The first-order chi connectivity index (χ1) is 10.2. The number of rotatable bonds is 5. The molecule has 2 aromatic rings. The summed E-state index contributed by atoms with van der Waals surface area (Å²) in [6, 6.07) is 12.1. The molecule has 0 saturated heterocycles. The Labute approximate surface area is 134 Å². The van der Waals surface area contributed by atoms with Crippen molar-refractivity contribution >= 4 is 11.9 Å². The number of hydrogen-bond donors (Lipinski definition) is 0. The van der Waals surface area contributed by atoms with Gasteiger partial charge in [0.25, 0.3) is 6.73 Å². The van der Waals surface area contributed by atoms with Crippen LogP contribution >= 0.6 is 0 Å². The van der Waals surface area contributed by atoms with Gasteiger partial charge >= 0.3 is 11.9 Å². The van der Waals surface area contributed by atoms with Gasteiger partial charge in [0.15, 0.2) is 12.4 Å². The van der Waals surface area contributed by atoms with Gasteiger partial charge in [0, 0.05) is 6.07 Å². The minimum absolute atomic E-state index is 0. The lowest BCUT2D eigenvalue weighted by Crippen LogP contribution is -3.00. The summed E-state index contributed by atoms with van der Waals surface area (Å²) in [4.78, 5) is 23.4. The van der Waals surface area contributed by atoms with E-state index in [-0.39, 0.29) is 19.1 Å². The van der Waals surface area contributed by atoms with Gasteiger partial charge in [0.2, 0.25) is 0 Å². The van der Waals surface area contributed by atoms with Crippen molar-refractivity contribution in [1.29, 1.82) is 0 Å². The van der Waals surface area contributed by atoms with Crippen molar-refractivity contribution in [2.45, 2.75) is 13.7 Å². The first-order valence-electron chi connectivity index (χ1n) is 6.59. The van der Waals surface area contributed by atoms with Crippen molar-refractivity contribution < 1.29 is 36.0 Å². The summed E-state index contributed by atoms with van der Waals surface area (Å²) in [6.07, 6.45) is 3.29. The number of esters is 2. The molecule has 0 amide bonds. The fourth-order valence-corrected chi connectivity index (χ4v) is 1.73. The zero-order valence-corrected chi connectivity index (χ0v) is 12.8. The molecule has 0 spiro atoms. The average Bonchev–Trinajstić information content (AvgIpc) is 2.54. The van der Waals surface area contributed by atoms with E-state index in [9.17, 15) is 9.59 Å². The molecule has 22 heavy (non-hydrogen) atoms. The molecular formula is C16H16ClNO4. The fourth-order valence-electron chi connectivity index (χ4n) is 1.73. The van der Waals surface area contributed by atoms with Crippen LogP contribution in [-0.2, 0) is 16.2 Å². The summed E-state index contributed by atoms with van der Waals surface area (Å²) in [5.41, 5.74) is 0.898. The van der Waals surface area contributed by atoms with Gasteiger partial charge in [-0.15, -0.1) is 0 Å². The van der Waals surface area contributed by atoms with Crippen molar-refractivity contribution in [1.82, 2.24) is 0 Å². The highest BCUT2D eigenvalue weighted by molar-refractivity contribution is 5.89. The van der Waals surface area contributed by atoms with E-state index >= 15 is 0 Å². The van der Waals surface area contributed by atoms with Crippen LogP contribution in [0, 0.1) is 0 Å². The molecule has 0 aliphatic heterocycles. The molecule has 1 aromatic carbocycles. The van der Waals surface area contributed by atoms with E-state index in [1.54, 1.807) is 60.3 Å². The molecule has 2 rings (SSSR count). The Kier molecular flexibility index (Phi) is 7.05. The van der Waals surface area contributed by atoms with E-state index < -0.39 is 11.9 Å². The molecule has 0 aliphatic carbocycles. The molecule has 6 heteroatoms. The zero-order valence-electron chi connectivity index (χ0n) is 12.1. The maximum atomic E-state index is 11.8. The topological polar surface area (TPSA) is 56.5 Å². The van der Waals surface area contributed by atoms with Crippen LogP contribution < -0.4 is 17.0 Å². The summed E-state index contributed by atoms with van der Waals surface area (Å²) in [5, 5.41) is 0. The molecule has 0 saturated carbocycles. The number of carbonyl (C=O) groups is 2. The predicted octanol–water partition coefficient (Wildman–Crippen LogP) is -1.03. The SMILES string of the molecule is CCOC(=O)c1ccc[n+](COC(=O)c2ccccc2)c1.[Cl-]. The quantitative estimate of drug-likeness (QED) is 0.522. The molecule has 1 aromatic heterocycles. The normalized spacial score (nSPS) is 9.50. The van der Waals surface area contributed by atoms with Crippen LogP contribution in [0.5, 0.6) is 0 Å². The number of carbonyl (C=O) groups excluding carboxylic acids is 2. The number of ether oxygens (including phenoxy) is 2. The van der Waals surface area contributed by atoms with Gasteiger partial charge in [-0.1, -0.05) is 18.2 Å². The first kappa shape index (κ1) is 17.7. The first-order valence-corrected chi connectivity index (χ1v) is 6.59. The molecule has 0 aliphatic rings. The van der Waals surface area contributed by atoms with Crippen LogP contribution in [0.4, 0.5) is 0 Å². The van der Waals surface area contributed by atoms with E-state index in [1.165, 1.54) is 0 Å². The number of hydrogen-bond acceptors (Lipinski definition) is 4. The van der Waals surface area contributed by atoms with E-state index in [0.29, 0.717) is 17.7 Å². The van der Waals surface area contributed by atoms with E-state index in [2.05, 4.69) is 0 Å². The second-order valence-electron chi connectivity index (χ2n) is 4.25. The Morgan fingerprint density at radius 2 is 1.59 bits per heavy atom. The van der Waals surface area contributed by atoms with Crippen LogP contribution in [0.15, 0.2) is 54.9 Å². The Morgan fingerprint density at radius 3 is 2.27 bits per heavy atom. The van der Waals surface area contributed by atoms with Gasteiger partial charge < -0.3 is 21.9 Å². The van der Waals surface area contributed by atoms with Crippen LogP contribution in [0.3, 0.4) is 0 Å². The van der Waals surface area contributed by atoms with Crippen molar-refractivity contribution in [3.05, 3.63) is 66.0 Å². The van der Waals surface area contributed by atoms with Gasteiger partial charge in [-0.3, -0.25) is 0 Å². The van der Waals surface area contributed by atoms with Gasteiger partial charge in [-0.2, -0.15) is 4.57 Å². The molecule has 0 N–H and O–H groups in total. The zero-order chi connectivity index (χ0) is 15.1. The third-order valence-corrected chi connectivity index (χ3v) is 2.72. The second kappa shape index (κ2) is 8.79. The van der Waals surface area contributed by atoms with Crippen LogP contribution in [0.2, 0.25) is 0 Å². The fraction of sp³-hybridized carbons (Fsp3) is 0.188. The Morgan fingerprint density at radius 1 is 0.955 bits per heavy atom. The number of halogens is 1. The van der Waals surface area contributed by atoms with E-state index in [1.807, 2.05) is 6.07 Å². The van der Waals surface area contributed by atoms with E-state index in [0.717, 1.165) is 0 Å². The lowest BCUT2D eigenvalue weighted by Gasteiger charge is -2.03. The molecule has 0 atom stereocenters. The summed E-state index contributed by atoms with van der Waals surface area (Å²) in [5.74, 6) is -0.814.